The molecule has 0 aromatic rings. The van der Waals surface area contributed by atoms with Gasteiger partial charge in [-0.15, -0.1) is 0 Å². The highest BCUT2D eigenvalue weighted by atomic mass is 16.5. The SMILES string of the molecule is CCOCCN(C)C(=O)C1(N)C2CCCOC2C1(C)C. The maximum absolute atomic E-state index is 12.8. The lowest BCUT2D eigenvalue weighted by Crippen LogP contribution is -2.82. The molecule has 3 unspecified atom stereocenters. The van der Waals surface area contributed by atoms with E-state index in [4.69, 9.17) is 15.2 Å². The smallest absolute Gasteiger partial charge is 0.243 e. The largest absolute Gasteiger partial charge is 0.380 e. The third-order valence-corrected chi connectivity index (χ3v) is 5.16. The lowest BCUT2D eigenvalue weighted by Gasteiger charge is -2.65. The molecule has 1 heterocycles. The van der Waals surface area contributed by atoms with Crippen LogP contribution in [0.4, 0.5) is 0 Å². The molecule has 2 N–H and O–H groups in total. The highest BCUT2D eigenvalue weighted by Crippen LogP contribution is 2.57. The van der Waals surface area contributed by atoms with Gasteiger partial charge in [0.1, 0.15) is 5.54 Å². The Hall–Kier alpha value is -0.650. The number of carbonyl (C=O) groups is 1. The number of hydrogen-bond donors (Lipinski definition) is 1. The van der Waals surface area contributed by atoms with Gasteiger partial charge in [0.05, 0.1) is 12.7 Å². The van der Waals surface area contributed by atoms with E-state index < -0.39 is 5.54 Å². The van der Waals surface area contributed by atoms with Crippen LogP contribution in [0.5, 0.6) is 0 Å². The number of nitrogens with zero attached hydrogens (tertiary/aromatic N) is 1. The zero-order valence-electron chi connectivity index (χ0n) is 13.1. The van der Waals surface area contributed by atoms with E-state index in [2.05, 4.69) is 0 Å². The summed E-state index contributed by atoms with van der Waals surface area (Å²) in [6.07, 6.45) is 2.09. The van der Waals surface area contributed by atoms with Gasteiger partial charge in [-0.05, 0) is 19.8 Å². The van der Waals surface area contributed by atoms with Gasteiger partial charge in [-0.25, -0.2) is 0 Å². The van der Waals surface area contributed by atoms with Crippen LogP contribution in [0.3, 0.4) is 0 Å². The van der Waals surface area contributed by atoms with Gasteiger partial charge in [0.25, 0.3) is 0 Å². The van der Waals surface area contributed by atoms with Crippen molar-refractivity contribution in [2.24, 2.45) is 17.1 Å². The van der Waals surface area contributed by atoms with E-state index >= 15 is 0 Å². The topological polar surface area (TPSA) is 64.8 Å². The minimum Gasteiger partial charge on any atom is -0.380 e. The lowest BCUT2D eigenvalue weighted by molar-refractivity contribution is -0.229. The lowest BCUT2D eigenvalue weighted by atomic mass is 9.46. The Bertz CT molecular complexity index is 372. The Morgan fingerprint density at radius 2 is 2.20 bits per heavy atom. The maximum Gasteiger partial charge on any atom is 0.243 e. The highest BCUT2D eigenvalue weighted by Gasteiger charge is 2.70. The zero-order chi connectivity index (χ0) is 15.0. The Morgan fingerprint density at radius 3 is 2.85 bits per heavy atom. The molecule has 0 spiro atoms. The van der Waals surface area contributed by atoms with Crippen LogP contribution in [0.1, 0.15) is 33.6 Å². The van der Waals surface area contributed by atoms with Crippen LogP contribution in [0.15, 0.2) is 0 Å². The van der Waals surface area contributed by atoms with Gasteiger partial charge in [0.2, 0.25) is 5.91 Å². The Balaban J connectivity index is 2.07. The standard InChI is InChI=1S/C15H28N2O3/c1-5-19-10-8-17(4)13(18)15(16)11-7-6-9-20-12(11)14(15,2)3/h11-12H,5-10,16H2,1-4H3. The summed E-state index contributed by atoms with van der Waals surface area (Å²) in [6.45, 7) is 8.64. The summed E-state index contributed by atoms with van der Waals surface area (Å²) in [5, 5.41) is 0. The first-order chi connectivity index (χ1) is 9.37. The summed E-state index contributed by atoms with van der Waals surface area (Å²) in [4.78, 5) is 14.5. The number of rotatable bonds is 5. The van der Waals surface area contributed by atoms with Crippen molar-refractivity contribution in [1.29, 1.82) is 0 Å². The predicted octanol–water partition coefficient (Wildman–Crippen LogP) is 1.01. The second-order valence-corrected chi connectivity index (χ2v) is 6.55. The third kappa shape index (κ3) is 2.16. The first kappa shape index (κ1) is 15.7. The van der Waals surface area contributed by atoms with Crippen molar-refractivity contribution in [3.63, 3.8) is 0 Å². The van der Waals surface area contributed by atoms with E-state index in [1.54, 1.807) is 4.90 Å². The zero-order valence-corrected chi connectivity index (χ0v) is 13.1. The monoisotopic (exact) mass is 284 g/mol. The van der Waals surface area contributed by atoms with E-state index in [-0.39, 0.29) is 23.3 Å². The first-order valence-electron chi connectivity index (χ1n) is 7.61. The summed E-state index contributed by atoms with van der Waals surface area (Å²) >= 11 is 0. The number of hydrogen-bond acceptors (Lipinski definition) is 4. The van der Waals surface area contributed by atoms with Crippen molar-refractivity contribution >= 4 is 5.91 Å². The summed E-state index contributed by atoms with van der Waals surface area (Å²) in [5.74, 6) is 0.169. The second kappa shape index (κ2) is 5.62. The van der Waals surface area contributed by atoms with Crippen LogP contribution in [0, 0.1) is 11.3 Å². The second-order valence-electron chi connectivity index (χ2n) is 6.55. The minimum atomic E-state index is -0.806. The molecule has 2 rings (SSSR count). The van der Waals surface area contributed by atoms with Gasteiger partial charge in [0, 0.05) is 38.1 Å². The molecule has 5 nitrogen and oxygen atoms in total. The molecule has 1 amide bonds. The quantitative estimate of drug-likeness (QED) is 0.765. The van der Waals surface area contributed by atoms with Crippen LogP contribution in [0.2, 0.25) is 0 Å². The average Bonchev–Trinajstić information content (AvgIpc) is 2.45. The summed E-state index contributed by atoms with van der Waals surface area (Å²) in [6, 6.07) is 0. The minimum absolute atomic E-state index is 0.0222. The van der Waals surface area contributed by atoms with E-state index in [9.17, 15) is 4.79 Å². The van der Waals surface area contributed by atoms with Gasteiger partial charge < -0.3 is 20.1 Å². The van der Waals surface area contributed by atoms with Crippen LogP contribution >= 0.6 is 0 Å². The normalized spacial score (nSPS) is 35.0. The molecule has 2 fully saturated rings. The predicted molar refractivity (Wildman–Crippen MR) is 77.3 cm³/mol. The van der Waals surface area contributed by atoms with Crippen LogP contribution in [-0.4, -0.2) is 55.9 Å². The molecular weight excluding hydrogens is 256 g/mol. The van der Waals surface area contributed by atoms with Crippen molar-refractivity contribution in [2.45, 2.75) is 45.3 Å². The molecule has 20 heavy (non-hydrogen) atoms. The number of carbonyl (C=O) groups excluding carboxylic acids is 1. The van der Waals surface area contributed by atoms with E-state index in [1.165, 1.54) is 0 Å². The number of fused-ring (bicyclic) bond motifs is 1. The van der Waals surface area contributed by atoms with Gasteiger partial charge in [-0.2, -0.15) is 0 Å². The van der Waals surface area contributed by atoms with Crippen molar-refractivity contribution in [3.05, 3.63) is 0 Å². The molecule has 116 valence electrons. The molecule has 0 aromatic heterocycles. The fourth-order valence-electron chi connectivity index (χ4n) is 3.77. The molecule has 2 aliphatic rings. The van der Waals surface area contributed by atoms with Crippen LogP contribution in [0.25, 0.3) is 0 Å². The van der Waals surface area contributed by atoms with Crippen LogP contribution in [-0.2, 0) is 14.3 Å². The molecule has 1 aliphatic heterocycles. The molecule has 0 radical (unpaired) electrons. The third-order valence-electron chi connectivity index (χ3n) is 5.16. The Labute approximate surface area is 121 Å². The molecule has 5 heteroatoms. The molecule has 1 saturated heterocycles. The maximum atomic E-state index is 12.8. The number of nitrogens with two attached hydrogens (primary N) is 1. The molecular formula is C15H28N2O3. The fraction of sp³-hybridized carbons (Fsp3) is 0.933. The van der Waals surface area contributed by atoms with E-state index in [0.717, 1.165) is 19.4 Å². The van der Waals surface area contributed by atoms with Crippen molar-refractivity contribution in [1.82, 2.24) is 4.90 Å². The van der Waals surface area contributed by atoms with Crippen molar-refractivity contribution < 1.29 is 14.3 Å². The van der Waals surface area contributed by atoms with Gasteiger partial charge >= 0.3 is 0 Å². The van der Waals surface area contributed by atoms with Gasteiger partial charge in [0.15, 0.2) is 0 Å². The Morgan fingerprint density at radius 1 is 1.50 bits per heavy atom. The fourth-order valence-corrected chi connectivity index (χ4v) is 3.77. The molecule has 0 aromatic carbocycles. The molecule has 1 saturated carbocycles. The first-order valence-corrected chi connectivity index (χ1v) is 7.61. The van der Waals surface area contributed by atoms with E-state index in [1.807, 2.05) is 27.8 Å². The number of likely N-dealkylation sites (N-methyl/N-ethyl adjacent to an activating group) is 1. The number of ether oxygens (including phenoxy) is 2. The average molecular weight is 284 g/mol. The van der Waals surface area contributed by atoms with Gasteiger partial charge in [-0.3, -0.25) is 4.79 Å². The highest BCUT2D eigenvalue weighted by molar-refractivity contribution is 5.89. The summed E-state index contributed by atoms with van der Waals surface area (Å²) in [7, 11) is 1.81. The van der Waals surface area contributed by atoms with E-state index in [0.29, 0.717) is 19.8 Å². The molecule has 3 atom stereocenters. The Kier molecular flexibility index (Phi) is 4.42. The van der Waals surface area contributed by atoms with Gasteiger partial charge in [-0.1, -0.05) is 13.8 Å². The molecule has 1 aliphatic carbocycles. The summed E-state index contributed by atoms with van der Waals surface area (Å²) < 4.78 is 11.2. The number of amides is 1. The molecule has 0 bridgehead atoms. The summed E-state index contributed by atoms with van der Waals surface area (Å²) in [5.41, 5.74) is 5.45. The van der Waals surface area contributed by atoms with Crippen molar-refractivity contribution in [2.75, 3.05) is 33.4 Å². The van der Waals surface area contributed by atoms with Crippen LogP contribution < -0.4 is 5.73 Å². The van der Waals surface area contributed by atoms with Crippen molar-refractivity contribution in [3.8, 4) is 0 Å².